The van der Waals surface area contributed by atoms with Crippen LogP contribution < -0.4 is 15.4 Å². The van der Waals surface area contributed by atoms with Crippen LogP contribution >= 0.6 is 0 Å². The average Bonchev–Trinajstić information content (AvgIpc) is 2.85. The van der Waals surface area contributed by atoms with Gasteiger partial charge in [-0.1, -0.05) is 54.6 Å². The summed E-state index contributed by atoms with van der Waals surface area (Å²) < 4.78 is 29.2. The van der Waals surface area contributed by atoms with E-state index >= 15 is 0 Å². The van der Waals surface area contributed by atoms with Crippen LogP contribution in [0, 0.1) is 0 Å². The van der Waals surface area contributed by atoms with Crippen LogP contribution in [0.15, 0.2) is 84.0 Å². The maximum Gasteiger partial charge on any atom is 0.315 e. The van der Waals surface area contributed by atoms with Crippen molar-refractivity contribution in [3.8, 4) is 11.1 Å². The normalized spacial score (nSPS) is 18.4. The van der Waals surface area contributed by atoms with Gasteiger partial charge >= 0.3 is 6.03 Å². The van der Waals surface area contributed by atoms with Crippen molar-refractivity contribution >= 4 is 16.1 Å². The molecule has 8 heteroatoms. The summed E-state index contributed by atoms with van der Waals surface area (Å²) in [5.74, 6) is 0. The molecule has 0 aliphatic heterocycles. The number of amides is 2. The molecule has 0 spiro atoms. The molecule has 1 aliphatic rings. The van der Waals surface area contributed by atoms with Crippen LogP contribution in [0.2, 0.25) is 0 Å². The summed E-state index contributed by atoms with van der Waals surface area (Å²) in [7, 11) is -3.67. The highest BCUT2D eigenvalue weighted by atomic mass is 32.2. The van der Waals surface area contributed by atoms with Crippen LogP contribution in [-0.4, -0.2) is 31.5 Å². The molecule has 2 aromatic carbocycles. The second-order valence-corrected chi connectivity index (χ2v) is 9.90. The van der Waals surface area contributed by atoms with Gasteiger partial charge in [-0.05, 0) is 48.9 Å². The highest BCUT2D eigenvalue weighted by Crippen LogP contribution is 2.28. The molecule has 33 heavy (non-hydrogen) atoms. The Hall–Kier alpha value is -3.23. The summed E-state index contributed by atoms with van der Waals surface area (Å²) in [6, 6.07) is 19.9. The van der Waals surface area contributed by atoms with Crippen molar-refractivity contribution in [1.82, 2.24) is 20.3 Å². The zero-order valence-corrected chi connectivity index (χ0v) is 19.1. The predicted molar refractivity (Wildman–Crippen MR) is 128 cm³/mol. The van der Waals surface area contributed by atoms with E-state index in [9.17, 15) is 13.2 Å². The Morgan fingerprint density at radius 1 is 0.879 bits per heavy atom. The Morgan fingerprint density at radius 2 is 1.58 bits per heavy atom. The molecule has 0 saturated heterocycles. The fourth-order valence-corrected chi connectivity index (χ4v) is 5.65. The van der Waals surface area contributed by atoms with Gasteiger partial charge in [0.05, 0.1) is 4.90 Å². The van der Waals surface area contributed by atoms with E-state index in [-0.39, 0.29) is 23.0 Å². The number of pyridine rings is 1. The number of carbonyl (C=O) groups is 1. The number of nitrogens with one attached hydrogen (secondary N) is 3. The number of rotatable bonds is 7. The number of aromatic nitrogens is 1. The molecule has 7 nitrogen and oxygen atoms in total. The maximum absolute atomic E-state index is 13.2. The minimum absolute atomic E-state index is 0.0243. The molecule has 3 N–H and O–H groups in total. The maximum atomic E-state index is 13.2. The zero-order chi connectivity index (χ0) is 23.1. The van der Waals surface area contributed by atoms with E-state index in [1.165, 1.54) is 0 Å². The highest BCUT2D eigenvalue weighted by molar-refractivity contribution is 7.89. The van der Waals surface area contributed by atoms with Crippen LogP contribution in [-0.2, 0) is 16.6 Å². The quantitative estimate of drug-likeness (QED) is 0.495. The van der Waals surface area contributed by atoms with E-state index in [2.05, 4.69) is 20.3 Å². The molecule has 0 bridgehead atoms. The summed E-state index contributed by atoms with van der Waals surface area (Å²) in [6.07, 6.45) is 6.17. The van der Waals surface area contributed by atoms with Gasteiger partial charge in [-0.15, -0.1) is 0 Å². The van der Waals surface area contributed by atoms with Crippen molar-refractivity contribution < 1.29 is 13.2 Å². The van der Waals surface area contributed by atoms with Crippen molar-refractivity contribution in [3.63, 3.8) is 0 Å². The van der Waals surface area contributed by atoms with Gasteiger partial charge in [0.2, 0.25) is 10.0 Å². The predicted octanol–water partition coefficient (Wildman–Crippen LogP) is 3.84. The van der Waals surface area contributed by atoms with Gasteiger partial charge in [-0.3, -0.25) is 4.98 Å². The van der Waals surface area contributed by atoms with Gasteiger partial charge in [-0.2, -0.15) is 0 Å². The minimum Gasteiger partial charge on any atom is -0.335 e. The lowest BCUT2D eigenvalue weighted by molar-refractivity contribution is 0.230. The van der Waals surface area contributed by atoms with E-state index in [1.807, 2.05) is 54.6 Å². The van der Waals surface area contributed by atoms with E-state index in [1.54, 1.807) is 24.5 Å². The number of carbonyl (C=O) groups excluding carboxylic acids is 1. The first-order valence-corrected chi connectivity index (χ1v) is 12.6. The number of nitrogens with zero attached hydrogens (tertiary/aromatic N) is 1. The average molecular weight is 465 g/mol. The molecule has 1 heterocycles. The fraction of sp³-hybridized carbons (Fsp3) is 0.280. The first-order valence-electron chi connectivity index (χ1n) is 11.1. The molecular formula is C25H28N4O3S. The molecule has 2 amide bonds. The largest absolute Gasteiger partial charge is 0.335 e. The third-order valence-electron chi connectivity index (χ3n) is 5.82. The number of hydrogen-bond acceptors (Lipinski definition) is 4. The third-order valence-corrected chi connectivity index (χ3v) is 7.40. The second-order valence-electron chi connectivity index (χ2n) is 8.22. The molecule has 0 unspecified atom stereocenters. The lowest BCUT2D eigenvalue weighted by Gasteiger charge is -2.29. The Kier molecular flexibility index (Phi) is 7.36. The number of sulfonamides is 1. The van der Waals surface area contributed by atoms with Crippen LogP contribution in [0.25, 0.3) is 11.1 Å². The van der Waals surface area contributed by atoms with Crippen LogP contribution in [0.4, 0.5) is 4.79 Å². The third kappa shape index (κ3) is 6.18. The molecule has 4 rings (SSSR count). The summed E-state index contributed by atoms with van der Waals surface area (Å²) >= 11 is 0. The second kappa shape index (κ2) is 10.6. The lowest BCUT2D eigenvalue weighted by atomic mass is 9.92. The van der Waals surface area contributed by atoms with E-state index in [0.717, 1.165) is 11.1 Å². The van der Waals surface area contributed by atoms with Gasteiger partial charge in [0.1, 0.15) is 0 Å². The Labute approximate surface area is 194 Å². The number of benzene rings is 2. The van der Waals surface area contributed by atoms with E-state index in [0.29, 0.717) is 37.8 Å². The molecule has 172 valence electrons. The van der Waals surface area contributed by atoms with Crippen molar-refractivity contribution in [1.29, 1.82) is 0 Å². The van der Waals surface area contributed by atoms with Crippen molar-refractivity contribution in [2.24, 2.45) is 0 Å². The summed E-state index contributed by atoms with van der Waals surface area (Å²) in [5, 5.41) is 5.82. The fourth-order valence-electron chi connectivity index (χ4n) is 4.12. The van der Waals surface area contributed by atoms with Gasteiger partial charge in [0, 0.05) is 36.6 Å². The number of urea groups is 1. The molecule has 1 aromatic heterocycles. The zero-order valence-electron chi connectivity index (χ0n) is 18.3. The first-order chi connectivity index (χ1) is 16.0. The highest BCUT2D eigenvalue weighted by Gasteiger charge is 2.27. The monoisotopic (exact) mass is 464 g/mol. The van der Waals surface area contributed by atoms with Crippen LogP contribution in [0.1, 0.15) is 31.2 Å². The summed E-state index contributed by atoms with van der Waals surface area (Å²) in [5.41, 5.74) is 2.48. The SMILES string of the molecule is O=C(NCc1cccnc1)NC1CCC(NS(=O)(=O)c2ccccc2-c2ccccc2)CC1. The van der Waals surface area contributed by atoms with Crippen molar-refractivity contribution in [2.75, 3.05) is 0 Å². The smallest absolute Gasteiger partial charge is 0.315 e. The lowest BCUT2D eigenvalue weighted by Crippen LogP contribution is -2.46. The minimum atomic E-state index is -3.67. The number of hydrogen-bond donors (Lipinski definition) is 3. The van der Waals surface area contributed by atoms with Crippen LogP contribution in [0.3, 0.4) is 0 Å². The van der Waals surface area contributed by atoms with Crippen molar-refractivity contribution in [2.45, 2.75) is 49.2 Å². The molecule has 0 atom stereocenters. The van der Waals surface area contributed by atoms with Gasteiger partial charge in [0.15, 0.2) is 0 Å². The first kappa shape index (κ1) is 22.9. The standard InChI is InChI=1S/C25H28N4O3S/c30-25(27-18-19-7-6-16-26-17-19)28-21-12-14-22(15-13-21)29-33(31,32)24-11-5-4-10-23(24)20-8-2-1-3-9-20/h1-11,16-17,21-22,29H,12-15,18H2,(H2,27,28,30). The van der Waals surface area contributed by atoms with E-state index < -0.39 is 10.0 Å². The van der Waals surface area contributed by atoms with Crippen LogP contribution in [0.5, 0.6) is 0 Å². The van der Waals surface area contributed by atoms with Gasteiger partial charge < -0.3 is 10.6 Å². The molecular weight excluding hydrogens is 436 g/mol. The summed E-state index contributed by atoms with van der Waals surface area (Å²) in [4.78, 5) is 16.5. The van der Waals surface area contributed by atoms with Gasteiger partial charge in [0.25, 0.3) is 0 Å². The Bertz CT molecular complexity index is 1160. The molecule has 0 radical (unpaired) electrons. The van der Waals surface area contributed by atoms with Gasteiger partial charge in [-0.25, -0.2) is 17.9 Å². The summed E-state index contributed by atoms with van der Waals surface area (Å²) in [6.45, 7) is 0.412. The topological polar surface area (TPSA) is 100 Å². The molecule has 1 aliphatic carbocycles. The molecule has 3 aromatic rings. The van der Waals surface area contributed by atoms with Crippen molar-refractivity contribution in [3.05, 3.63) is 84.7 Å². The molecule has 1 saturated carbocycles. The van der Waals surface area contributed by atoms with E-state index in [4.69, 9.17) is 0 Å². The Balaban J connectivity index is 1.31. The molecule has 1 fully saturated rings. The Morgan fingerprint density at radius 3 is 2.30 bits per heavy atom.